The fourth-order valence-corrected chi connectivity index (χ4v) is 2.45. The number of amides is 1. The number of benzene rings is 1. The molecular formula is C14H16F3NO. The molecule has 0 aliphatic heterocycles. The SMILES string of the molecule is O=C(NC(c1ccccc1)C(F)(F)F)C1CCCC1. The topological polar surface area (TPSA) is 29.1 Å². The first-order chi connectivity index (χ1) is 8.98. The highest BCUT2D eigenvalue weighted by Crippen LogP contribution is 2.34. The van der Waals surface area contributed by atoms with Crippen molar-refractivity contribution >= 4 is 5.91 Å². The summed E-state index contributed by atoms with van der Waals surface area (Å²) in [5, 5.41) is 2.15. The van der Waals surface area contributed by atoms with Crippen LogP contribution in [0.25, 0.3) is 0 Å². The first-order valence-electron chi connectivity index (χ1n) is 6.40. The van der Waals surface area contributed by atoms with Crippen molar-refractivity contribution in [1.29, 1.82) is 0 Å². The van der Waals surface area contributed by atoms with Gasteiger partial charge < -0.3 is 5.32 Å². The van der Waals surface area contributed by atoms with E-state index in [1.807, 2.05) is 0 Å². The number of hydrogen-bond acceptors (Lipinski definition) is 1. The number of nitrogens with one attached hydrogen (secondary N) is 1. The highest BCUT2D eigenvalue weighted by atomic mass is 19.4. The summed E-state index contributed by atoms with van der Waals surface area (Å²) in [5.41, 5.74) is 0.0707. The smallest absolute Gasteiger partial charge is 0.341 e. The van der Waals surface area contributed by atoms with Crippen LogP contribution in [0, 0.1) is 5.92 Å². The molecule has 1 aromatic carbocycles. The van der Waals surface area contributed by atoms with E-state index >= 15 is 0 Å². The van der Waals surface area contributed by atoms with Gasteiger partial charge in [-0.1, -0.05) is 43.2 Å². The summed E-state index contributed by atoms with van der Waals surface area (Å²) in [6.45, 7) is 0. The number of carbonyl (C=O) groups is 1. The van der Waals surface area contributed by atoms with Gasteiger partial charge in [0, 0.05) is 5.92 Å². The molecule has 1 fully saturated rings. The average molecular weight is 271 g/mol. The number of carbonyl (C=O) groups excluding carboxylic acids is 1. The molecule has 2 nitrogen and oxygen atoms in total. The van der Waals surface area contributed by atoms with Gasteiger partial charge in [0.05, 0.1) is 0 Å². The molecule has 19 heavy (non-hydrogen) atoms. The van der Waals surface area contributed by atoms with Crippen LogP contribution >= 0.6 is 0 Å². The average Bonchev–Trinajstić information content (AvgIpc) is 2.89. The van der Waals surface area contributed by atoms with Crippen molar-refractivity contribution in [3.05, 3.63) is 35.9 Å². The number of hydrogen-bond donors (Lipinski definition) is 1. The van der Waals surface area contributed by atoms with Crippen LogP contribution in [-0.4, -0.2) is 12.1 Å². The molecule has 0 radical (unpaired) electrons. The molecule has 104 valence electrons. The second-order valence-electron chi connectivity index (χ2n) is 4.88. The van der Waals surface area contributed by atoms with E-state index in [4.69, 9.17) is 0 Å². The standard InChI is InChI=1S/C14H16F3NO/c15-14(16,17)12(10-6-2-1-3-7-10)18-13(19)11-8-4-5-9-11/h1-3,6-7,11-12H,4-5,8-9H2,(H,18,19). The second-order valence-corrected chi connectivity index (χ2v) is 4.88. The van der Waals surface area contributed by atoms with E-state index in [0.717, 1.165) is 12.8 Å². The Bertz CT molecular complexity index is 424. The molecule has 1 atom stereocenters. The third-order valence-electron chi connectivity index (χ3n) is 3.47. The minimum Gasteiger partial charge on any atom is -0.341 e. The minimum absolute atomic E-state index is 0.0707. The van der Waals surface area contributed by atoms with E-state index < -0.39 is 18.1 Å². The van der Waals surface area contributed by atoms with Crippen LogP contribution in [0.4, 0.5) is 13.2 Å². The Kier molecular flexibility index (Phi) is 4.12. The summed E-state index contributed by atoms with van der Waals surface area (Å²) < 4.78 is 39.1. The molecule has 0 spiro atoms. The highest BCUT2D eigenvalue weighted by Gasteiger charge is 2.42. The summed E-state index contributed by atoms with van der Waals surface area (Å²) in [4.78, 5) is 11.9. The Balaban J connectivity index is 2.13. The van der Waals surface area contributed by atoms with Gasteiger partial charge in [0.25, 0.3) is 0 Å². The van der Waals surface area contributed by atoms with Gasteiger partial charge in [0.15, 0.2) is 6.04 Å². The number of alkyl halides is 3. The first kappa shape index (κ1) is 13.9. The normalized spacial score (nSPS) is 18.3. The molecule has 1 N–H and O–H groups in total. The largest absolute Gasteiger partial charge is 0.412 e. The van der Waals surface area contributed by atoms with Crippen LogP contribution in [0.15, 0.2) is 30.3 Å². The van der Waals surface area contributed by atoms with Crippen LogP contribution in [0.1, 0.15) is 37.3 Å². The zero-order valence-corrected chi connectivity index (χ0v) is 10.4. The molecule has 1 amide bonds. The molecule has 0 aromatic heterocycles. The maximum Gasteiger partial charge on any atom is 0.412 e. The Labute approximate surface area is 110 Å². The van der Waals surface area contributed by atoms with Gasteiger partial charge in [-0.3, -0.25) is 4.79 Å². The highest BCUT2D eigenvalue weighted by molar-refractivity contribution is 5.79. The molecular weight excluding hydrogens is 255 g/mol. The van der Waals surface area contributed by atoms with Crippen LogP contribution in [0.3, 0.4) is 0 Å². The molecule has 0 heterocycles. The predicted octanol–water partition coefficient (Wildman–Crippen LogP) is 3.60. The fourth-order valence-electron chi connectivity index (χ4n) is 2.45. The lowest BCUT2D eigenvalue weighted by Gasteiger charge is -2.23. The van der Waals surface area contributed by atoms with E-state index in [1.54, 1.807) is 6.07 Å². The first-order valence-corrected chi connectivity index (χ1v) is 6.40. The zero-order valence-electron chi connectivity index (χ0n) is 10.4. The van der Waals surface area contributed by atoms with Crippen molar-refractivity contribution in [2.75, 3.05) is 0 Å². The number of halogens is 3. The van der Waals surface area contributed by atoms with Crippen molar-refractivity contribution in [3.63, 3.8) is 0 Å². The van der Waals surface area contributed by atoms with E-state index in [1.165, 1.54) is 24.3 Å². The Morgan fingerprint density at radius 3 is 2.26 bits per heavy atom. The van der Waals surface area contributed by atoms with Gasteiger partial charge in [-0.2, -0.15) is 13.2 Å². The summed E-state index contributed by atoms with van der Waals surface area (Å²) in [7, 11) is 0. The zero-order chi connectivity index (χ0) is 13.9. The summed E-state index contributed by atoms with van der Waals surface area (Å²) >= 11 is 0. The van der Waals surface area contributed by atoms with Crippen LogP contribution in [0.5, 0.6) is 0 Å². The summed E-state index contributed by atoms with van der Waals surface area (Å²) in [5.74, 6) is -0.753. The van der Waals surface area contributed by atoms with Gasteiger partial charge in [0.2, 0.25) is 5.91 Å². The van der Waals surface area contributed by atoms with Crippen molar-refractivity contribution in [3.8, 4) is 0 Å². The van der Waals surface area contributed by atoms with E-state index in [9.17, 15) is 18.0 Å². The van der Waals surface area contributed by atoms with Gasteiger partial charge in [0.1, 0.15) is 0 Å². The third kappa shape index (κ3) is 3.49. The van der Waals surface area contributed by atoms with Gasteiger partial charge in [-0.25, -0.2) is 0 Å². The van der Waals surface area contributed by atoms with Crippen molar-refractivity contribution in [2.24, 2.45) is 5.92 Å². The Morgan fingerprint density at radius 1 is 1.16 bits per heavy atom. The minimum atomic E-state index is -4.48. The fraction of sp³-hybridized carbons (Fsp3) is 0.500. The maximum atomic E-state index is 13.0. The maximum absolute atomic E-state index is 13.0. The number of rotatable bonds is 3. The van der Waals surface area contributed by atoms with Crippen LogP contribution in [0.2, 0.25) is 0 Å². The monoisotopic (exact) mass is 271 g/mol. The Morgan fingerprint density at radius 2 is 1.74 bits per heavy atom. The van der Waals surface area contributed by atoms with E-state index in [2.05, 4.69) is 5.32 Å². The van der Waals surface area contributed by atoms with E-state index in [-0.39, 0.29) is 11.5 Å². The Hall–Kier alpha value is -1.52. The molecule has 5 heteroatoms. The molecule has 0 bridgehead atoms. The van der Waals surface area contributed by atoms with Crippen molar-refractivity contribution in [1.82, 2.24) is 5.32 Å². The summed E-state index contributed by atoms with van der Waals surface area (Å²) in [6, 6.07) is 5.57. The lowest BCUT2D eigenvalue weighted by Crippen LogP contribution is -2.40. The van der Waals surface area contributed by atoms with Crippen molar-refractivity contribution in [2.45, 2.75) is 37.9 Å². The quantitative estimate of drug-likeness (QED) is 0.894. The molecule has 1 aromatic rings. The van der Waals surface area contributed by atoms with Gasteiger partial charge in [-0.05, 0) is 18.4 Å². The van der Waals surface area contributed by atoms with E-state index in [0.29, 0.717) is 12.8 Å². The molecule has 2 rings (SSSR count). The third-order valence-corrected chi connectivity index (χ3v) is 3.47. The van der Waals surface area contributed by atoms with Gasteiger partial charge in [-0.15, -0.1) is 0 Å². The molecule has 1 unspecified atom stereocenters. The second kappa shape index (κ2) is 5.63. The van der Waals surface area contributed by atoms with Crippen molar-refractivity contribution < 1.29 is 18.0 Å². The van der Waals surface area contributed by atoms with Gasteiger partial charge >= 0.3 is 6.18 Å². The molecule has 1 aliphatic rings. The van der Waals surface area contributed by atoms with Crippen LogP contribution < -0.4 is 5.32 Å². The molecule has 0 saturated heterocycles. The predicted molar refractivity (Wildman–Crippen MR) is 65.3 cm³/mol. The van der Waals surface area contributed by atoms with Crippen LogP contribution in [-0.2, 0) is 4.79 Å². The lowest BCUT2D eigenvalue weighted by molar-refractivity contribution is -0.164. The lowest BCUT2D eigenvalue weighted by atomic mass is 10.0. The molecule has 1 saturated carbocycles. The molecule has 1 aliphatic carbocycles. The summed E-state index contributed by atoms with van der Waals surface area (Å²) in [6.07, 6.45) is -1.27.